The van der Waals surface area contributed by atoms with Crippen molar-refractivity contribution < 1.29 is 18.8 Å². The Morgan fingerprint density at radius 2 is 1.61 bits per heavy atom. The number of hydrogen-bond acceptors (Lipinski definition) is 3. The van der Waals surface area contributed by atoms with Gasteiger partial charge in [0.15, 0.2) is 0 Å². The zero-order valence-electron chi connectivity index (χ0n) is 19.0. The minimum absolute atomic E-state index is 0.0342. The van der Waals surface area contributed by atoms with E-state index in [0.717, 1.165) is 31.5 Å². The zero-order valence-corrected chi connectivity index (χ0v) is 19.0. The van der Waals surface area contributed by atoms with Crippen molar-refractivity contribution >= 4 is 17.7 Å². The molecule has 2 saturated heterocycles. The number of nitrogens with zero attached hydrogens (tertiary/aromatic N) is 3. The molecule has 6 nitrogen and oxygen atoms in total. The lowest BCUT2D eigenvalue weighted by Crippen LogP contribution is -2.78. The first-order valence-electron chi connectivity index (χ1n) is 11.6. The molecule has 0 saturated carbocycles. The third-order valence-corrected chi connectivity index (χ3v) is 7.23. The molecular weight excluding hydrogens is 421 g/mol. The smallest absolute Gasteiger partial charge is 0.255 e. The summed E-state index contributed by atoms with van der Waals surface area (Å²) in [6.45, 7) is 5.89. The second-order valence-corrected chi connectivity index (χ2v) is 9.59. The summed E-state index contributed by atoms with van der Waals surface area (Å²) in [6, 6.07) is 12.7. The molecule has 1 spiro atoms. The van der Waals surface area contributed by atoms with Gasteiger partial charge in [-0.1, -0.05) is 18.2 Å². The molecule has 1 unspecified atom stereocenters. The molecule has 2 aromatic rings. The maximum absolute atomic E-state index is 13.9. The van der Waals surface area contributed by atoms with E-state index < -0.39 is 17.3 Å². The van der Waals surface area contributed by atoms with Crippen LogP contribution in [-0.2, 0) is 4.79 Å². The summed E-state index contributed by atoms with van der Waals surface area (Å²) in [7, 11) is 0. The number of likely N-dealkylation sites (tertiary alicyclic amines) is 2. The molecule has 3 aliphatic rings. The Morgan fingerprint density at radius 3 is 2.24 bits per heavy atom. The number of carbonyl (C=O) groups is 3. The predicted molar refractivity (Wildman–Crippen MR) is 121 cm³/mol. The zero-order chi connectivity index (χ0) is 23.3. The fraction of sp³-hybridized carbons (Fsp3) is 0.423. The van der Waals surface area contributed by atoms with Gasteiger partial charge in [0.25, 0.3) is 11.8 Å². The highest BCUT2D eigenvalue weighted by molar-refractivity contribution is 6.03. The SMILES string of the molecule is CC(C)N1C(=O)c2ccccc2C(C(=O)N2CCCC2)C12CN(C(=O)c1ccc(F)cc1)C2. The van der Waals surface area contributed by atoms with Gasteiger partial charge in [-0.3, -0.25) is 14.4 Å². The minimum atomic E-state index is -0.797. The monoisotopic (exact) mass is 449 g/mol. The third kappa shape index (κ3) is 3.33. The maximum Gasteiger partial charge on any atom is 0.255 e. The van der Waals surface area contributed by atoms with Gasteiger partial charge < -0.3 is 14.7 Å². The average Bonchev–Trinajstić information content (AvgIpc) is 3.31. The minimum Gasteiger partial charge on any atom is -0.342 e. The Balaban J connectivity index is 1.55. The molecule has 0 aromatic heterocycles. The van der Waals surface area contributed by atoms with Gasteiger partial charge in [0.2, 0.25) is 5.91 Å². The Bertz CT molecular complexity index is 1100. The Labute approximate surface area is 193 Å². The van der Waals surface area contributed by atoms with Crippen molar-refractivity contribution in [1.82, 2.24) is 14.7 Å². The largest absolute Gasteiger partial charge is 0.342 e. The summed E-state index contributed by atoms with van der Waals surface area (Å²) in [6.07, 6.45) is 1.96. The third-order valence-electron chi connectivity index (χ3n) is 7.23. The van der Waals surface area contributed by atoms with Crippen LogP contribution in [-0.4, -0.2) is 70.2 Å². The molecule has 7 heteroatoms. The van der Waals surface area contributed by atoms with E-state index in [2.05, 4.69) is 0 Å². The lowest BCUT2D eigenvalue weighted by molar-refractivity contribution is -0.141. The molecule has 5 rings (SSSR count). The Hall–Kier alpha value is -3.22. The lowest BCUT2D eigenvalue weighted by atomic mass is 9.67. The van der Waals surface area contributed by atoms with Crippen LogP contribution in [0.1, 0.15) is 58.9 Å². The quantitative estimate of drug-likeness (QED) is 0.723. The van der Waals surface area contributed by atoms with E-state index >= 15 is 0 Å². The van der Waals surface area contributed by atoms with Crippen molar-refractivity contribution in [3.63, 3.8) is 0 Å². The topological polar surface area (TPSA) is 60.9 Å². The first kappa shape index (κ1) is 21.6. The normalized spacial score (nSPS) is 21.4. The van der Waals surface area contributed by atoms with Crippen LogP contribution in [0, 0.1) is 5.82 Å². The van der Waals surface area contributed by atoms with E-state index in [4.69, 9.17) is 0 Å². The molecule has 3 aliphatic heterocycles. The lowest BCUT2D eigenvalue weighted by Gasteiger charge is -2.62. The number of benzene rings is 2. The van der Waals surface area contributed by atoms with Gasteiger partial charge in [-0.05, 0) is 62.6 Å². The number of amides is 3. The molecule has 3 amide bonds. The van der Waals surface area contributed by atoms with E-state index in [1.165, 1.54) is 24.3 Å². The number of hydrogen-bond donors (Lipinski definition) is 0. The molecule has 0 N–H and O–H groups in total. The summed E-state index contributed by atoms with van der Waals surface area (Å²) in [5, 5.41) is 0. The Morgan fingerprint density at radius 1 is 0.970 bits per heavy atom. The summed E-state index contributed by atoms with van der Waals surface area (Å²) in [5.41, 5.74) is 0.921. The molecular formula is C26H28FN3O3. The first-order valence-corrected chi connectivity index (χ1v) is 11.6. The summed E-state index contributed by atoms with van der Waals surface area (Å²) >= 11 is 0. The highest BCUT2D eigenvalue weighted by atomic mass is 19.1. The second kappa shape index (κ2) is 7.97. The fourth-order valence-corrected chi connectivity index (χ4v) is 5.80. The molecule has 172 valence electrons. The van der Waals surface area contributed by atoms with Crippen molar-refractivity contribution in [2.75, 3.05) is 26.2 Å². The molecule has 1 atom stereocenters. The molecule has 0 radical (unpaired) electrons. The van der Waals surface area contributed by atoms with Crippen LogP contribution in [0.25, 0.3) is 0 Å². The van der Waals surface area contributed by atoms with E-state index in [1.807, 2.05) is 41.8 Å². The molecule has 0 aliphatic carbocycles. The summed E-state index contributed by atoms with van der Waals surface area (Å²) in [5.74, 6) is -1.21. The summed E-state index contributed by atoms with van der Waals surface area (Å²) in [4.78, 5) is 46.0. The van der Waals surface area contributed by atoms with E-state index in [0.29, 0.717) is 11.1 Å². The van der Waals surface area contributed by atoms with Gasteiger partial charge in [0, 0.05) is 43.3 Å². The van der Waals surface area contributed by atoms with Crippen LogP contribution in [0.5, 0.6) is 0 Å². The second-order valence-electron chi connectivity index (χ2n) is 9.59. The van der Waals surface area contributed by atoms with Gasteiger partial charge in [-0.2, -0.15) is 0 Å². The van der Waals surface area contributed by atoms with Crippen molar-refractivity contribution in [2.45, 2.75) is 44.2 Å². The van der Waals surface area contributed by atoms with Gasteiger partial charge in [-0.15, -0.1) is 0 Å². The average molecular weight is 450 g/mol. The molecule has 33 heavy (non-hydrogen) atoms. The van der Waals surface area contributed by atoms with Crippen LogP contribution in [0.15, 0.2) is 48.5 Å². The number of carbonyl (C=O) groups excluding carboxylic acids is 3. The van der Waals surface area contributed by atoms with Crippen LogP contribution in [0.2, 0.25) is 0 Å². The number of halogens is 1. The Kier molecular flexibility index (Phi) is 5.22. The van der Waals surface area contributed by atoms with Gasteiger partial charge in [0.1, 0.15) is 5.82 Å². The molecule has 0 bridgehead atoms. The van der Waals surface area contributed by atoms with Crippen LogP contribution in [0.4, 0.5) is 4.39 Å². The number of rotatable bonds is 3. The molecule has 2 aromatic carbocycles. The summed E-state index contributed by atoms with van der Waals surface area (Å²) < 4.78 is 13.3. The standard InChI is InChI=1S/C26H28FN3O3/c1-17(2)30-24(32)21-8-4-3-7-20(21)22(25(33)28-13-5-6-14-28)26(30)15-29(16-26)23(31)18-9-11-19(27)12-10-18/h3-4,7-12,17,22H,5-6,13-16H2,1-2H3. The van der Waals surface area contributed by atoms with Crippen LogP contribution >= 0.6 is 0 Å². The highest BCUT2D eigenvalue weighted by Crippen LogP contribution is 2.48. The number of fused-ring (bicyclic) bond motifs is 1. The van der Waals surface area contributed by atoms with Gasteiger partial charge in [0.05, 0.1) is 11.5 Å². The van der Waals surface area contributed by atoms with E-state index in [9.17, 15) is 18.8 Å². The van der Waals surface area contributed by atoms with Gasteiger partial charge >= 0.3 is 0 Å². The van der Waals surface area contributed by atoms with Crippen molar-refractivity contribution in [3.8, 4) is 0 Å². The van der Waals surface area contributed by atoms with E-state index in [-0.39, 0.29) is 36.9 Å². The van der Waals surface area contributed by atoms with Crippen molar-refractivity contribution in [1.29, 1.82) is 0 Å². The fourth-order valence-electron chi connectivity index (χ4n) is 5.80. The maximum atomic E-state index is 13.9. The predicted octanol–water partition coefficient (Wildman–Crippen LogP) is 3.29. The van der Waals surface area contributed by atoms with Crippen LogP contribution in [0.3, 0.4) is 0 Å². The molecule has 3 heterocycles. The first-order chi connectivity index (χ1) is 15.8. The van der Waals surface area contributed by atoms with E-state index in [1.54, 1.807) is 11.0 Å². The van der Waals surface area contributed by atoms with Crippen molar-refractivity contribution in [3.05, 3.63) is 71.0 Å². The van der Waals surface area contributed by atoms with Crippen LogP contribution < -0.4 is 0 Å². The molecule has 2 fully saturated rings. The highest BCUT2D eigenvalue weighted by Gasteiger charge is 2.62. The van der Waals surface area contributed by atoms with Gasteiger partial charge in [-0.25, -0.2) is 4.39 Å². The van der Waals surface area contributed by atoms with Crippen molar-refractivity contribution in [2.24, 2.45) is 0 Å².